The molecule has 2 aromatic heterocycles. The largest absolute Gasteiger partial charge is 0.318 e. The molecule has 120 valence electrons. The number of carbonyl (C=O) groups is 1. The highest BCUT2D eigenvalue weighted by molar-refractivity contribution is 7.16. The highest BCUT2D eigenvalue weighted by Crippen LogP contribution is 2.31. The Hall–Kier alpha value is -1.63. The Morgan fingerprint density at radius 1 is 1.39 bits per heavy atom. The van der Waals surface area contributed by atoms with Gasteiger partial charge in [0.05, 0.1) is 20.3 Å². The number of nitrogens with zero attached hydrogens (tertiary/aromatic N) is 4. The van der Waals surface area contributed by atoms with Gasteiger partial charge in [-0.1, -0.05) is 34.5 Å². The average molecular weight is 369 g/mol. The quantitative estimate of drug-likeness (QED) is 0.690. The first kappa shape index (κ1) is 16.2. The number of rotatable bonds is 2. The highest BCUT2D eigenvalue weighted by Gasteiger charge is 2.14. The van der Waals surface area contributed by atoms with Gasteiger partial charge in [-0.2, -0.15) is 10.1 Å². The van der Waals surface area contributed by atoms with Gasteiger partial charge in [-0.05, 0) is 32.0 Å². The van der Waals surface area contributed by atoms with Gasteiger partial charge in [0.1, 0.15) is 0 Å². The Morgan fingerprint density at radius 2 is 2.13 bits per heavy atom. The Labute approximate surface area is 146 Å². The molecule has 0 saturated carbocycles. The third-order valence-electron chi connectivity index (χ3n) is 3.55. The topological polar surface area (TPSA) is 52.2 Å². The van der Waals surface area contributed by atoms with E-state index in [1.165, 1.54) is 11.3 Å². The van der Waals surface area contributed by atoms with Crippen molar-refractivity contribution < 1.29 is 4.79 Å². The van der Waals surface area contributed by atoms with Crippen LogP contribution < -0.4 is 4.80 Å². The zero-order valence-corrected chi connectivity index (χ0v) is 15.1. The maximum Gasteiger partial charge on any atom is 0.300 e. The highest BCUT2D eigenvalue weighted by atomic mass is 35.5. The third kappa shape index (κ3) is 2.82. The lowest BCUT2D eigenvalue weighted by Crippen LogP contribution is -2.14. The van der Waals surface area contributed by atoms with E-state index in [4.69, 9.17) is 23.2 Å². The van der Waals surface area contributed by atoms with Crippen LogP contribution in [-0.2, 0) is 13.6 Å². The molecule has 5 nitrogen and oxygen atoms in total. The number of fused-ring (bicyclic) bond motifs is 1. The lowest BCUT2D eigenvalue weighted by atomic mass is 10.3. The molecule has 0 bridgehead atoms. The van der Waals surface area contributed by atoms with Crippen LogP contribution in [0.4, 0.5) is 0 Å². The van der Waals surface area contributed by atoms with Gasteiger partial charge in [0.25, 0.3) is 5.91 Å². The summed E-state index contributed by atoms with van der Waals surface area (Å²) in [5.74, 6) is -0.371. The summed E-state index contributed by atoms with van der Waals surface area (Å²) in [5, 5.41) is 5.20. The molecule has 23 heavy (non-hydrogen) atoms. The molecule has 0 atom stereocenters. The molecule has 0 saturated heterocycles. The molecule has 0 aliphatic heterocycles. The zero-order valence-electron chi connectivity index (χ0n) is 12.8. The van der Waals surface area contributed by atoms with Gasteiger partial charge in [0, 0.05) is 19.3 Å². The zero-order chi connectivity index (χ0) is 16.7. The average Bonchev–Trinajstić information content (AvgIpc) is 3.04. The van der Waals surface area contributed by atoms with Crippen molar-refractivity contribution >= 4 is 50.7 Å². The first-order valence-corrected chi connectivity index (χ1v) is 8.56. The molecular formula is C15H14Cl2N4OS. The van der Waals surface area contributed by atoms with Crippen molar-refractivity contribution in [1.82, 2.24) is 14.3 Å². The molecule has 0 spiro atoms. The molecule has 0 aliphatic carbocycles. The third-order valence-corrected chi connectivity index (χ3v) is 5.44. The van der Waals surface area contributed by atoms with Crippen molar-refractivity contribution in [2.75, 3.05) is 0 Å². The van der Waals surface area contributed by atoms with Crippen molar-refractivity contribution in [3.8, 4) is 0 Å². The van der Waals surface area contributed by atoms with Gasteiger partial charge in [-0.25, -0.2) is 0 Å². The Balaban J connectivity index is 2.12. The van der Waals surface area contributed by atoms with Crippen LogP contribution in [0.5, 0.6) is 0 Å². The molecule has 0 radical (unpaired) electrons. The number of halogens is 2. The minimum atomic E-state index is -0.371. The molecule has 0 fully saturated rings. The summed E-state index contributed by atoms with van der Waals surface area (Å²) in [7, 11) is 1.81. The summed E-state index contributed by atoms with van der Waals surface area (Å²) in [4.78, 5) is 17.1. The fraction of sp³-hybridized carbons (Fsp3) is 0.267. The summed E-state index contributed by atoms with van der Waals surface area (Å²) in [6, 6.07) is 5.35. The number of hydrogen-bond acceptors (Lipinski definition) is 3. The molecule has 1 amide bonds. The van der Waals surface area contributed by atoms with Crippen molar-refractivity contribution in [2.45, 2.75) is 20.4 Å². The Morgan fingerprint density at radius 3 is 2.78 bits per heavy atom. The van der Waals surface area contributed by atoms with E-state index < -0.39 is 0 Å². The Bertz CT molecular complexity index is 983. The molecule has 8 heteroatoms. The second kappa shape index (κ2) is 6.11. The summed E-state index contributed by atoms with van der Waals surface area (Å²) in [6.07, 6.45) is 0. The first-order valence-electron chi connectivity index (χ1n) is 6.99. The van der Waals surface area contributed by atoms with Gasteiger partial charge in [-0.15, -0.1) is 0 Å². The summed E-state index contributed by atoms with van der Waals surface area (Å²) in [5.41, 5.74) is 2.04. The minimum Gasteiger partial charge on any atom is -0.318 e. The number of hydrogen-bond donors (Lipinski definition) is 0. The van der Waals surface area contributed by atoms with E-state index in [-0.39, 0.29) is 5.91 Å². The number of aryl methyl sites for hydroxylation is 3. The van der Waals surface area contributed by atoms with Gasteiger partial charge in [0.2, 0.25) is 0 Å². The van der Waals surface area contributed by atoms with Crippen molar-refractivity contribution in [3.63, 3.8) is 0 Å². The second-order valence-electron chi connectivity index (χ2n) is 5.06. The predicted molar refractivity (Wildman–Crippen MR) is 93.3 cm³/mol. The van der Waals surface area contributed by atoms with Crippen LogP contribution in [-0.4, -0.2) is 20.3 Å². The Kier molecular flexibility index (Phi) is 4.31. The maximum absolute atomic E-state index is 12.4. The van der Waals surface area contributed by atoms with E-state index in [1.54, 1.807) is 21.4 Å². The number of thiazole rings is 1. The van der Waals surface area contributed by atoms with Crippen molar-refractivity contribution in [2.24, 2.45) is 12.0 Å². The van der Waals surface area contributed by atoms with Crippen LogP contribution in [0.1, 0.15) is 23.1 Å². The molecule has 0 N–H and O–H groups in total. The number of amides is 1. The molecule has 0 aliphatic rings. The fourth-order valence-corrected chi connectivity index (χ4v) is 3.88. The summed E-state index contributed by atoms with van der Waals surface area (Å²) < 4.78 is 4.46. The van der Waals surface area contributed by atoms with E-state index in [2.05, 4.69) is 10.1 Å². The lowest BCUT2D eigenvalue weighted by molar-refractivity contribution is 0.0992. The van der Waals surface area contributed by atoms with Crippen molar-refractivity contribution in [1.29, 1.82) is 0 Å². The van der Waals surface area contributed by atoms with E-state index in [0.29, 0.717) is 27.1 Å². The van der Waals surface area contributed by atoms with Gasteiger partial charge < -0.3 is 4.57 Å². The molecule has 1 aromatic carbocycles. The maximum atomic E-state index is 12.4. The van der Waals surface area contributed by atoms with E-state index in [9.17, 15) is 4.79 Å². The number of benzene rings is 1. The molecule has 3 rings (SSSR count). The summed E-state index contributed by atoms with van der Waals surface area (Å²) >= 11 is 13.7. The number of aromatic nitrogens is 3. The normalized spacial score (nSPS) is 12.3. The van der Waals surface area contributed by atoms with Crippen LogP contribution in [0.25, 0.3) is 10.2 Å². The summed E-state index contributed by atoms with van der Waals surface area (Å²) in [6.45, 7) is 4.60. The standard InChI is InChI=1S/C15H14Cl2N4OS/c1-4-21-8(2)7-10(19-21)14(22)18-15-20(3)13-11(23-15)6-5-9(16)12(13)17/h5-7H,4H2,1-3H3. The van der Waals surface area contributed by atoms with Crippen LogP contribution in [0.3, 0.4) is 0 Å². The second-order valence-corrected chi connectivity index (χ2v) is 6.85. The monoisotopic (exact) mass is 368 g/mol. The SMILES string of the molecule is CCn1nc(C(=O)N=c2sc3ccc(Cl)c(Cl)c3n2C)cc1C. The van der Waals surface area contributed by atoms with E-state index in [0.717, 1.165) is 15.9 Å². The fourth-order valence-electron chi connectivity index (χ4n) is 2.36. The van der Waals surface area contributed by atoms with Crippen LogP contribution in [0, 0.1) is 6.92 Å². The van der Waals surface area contributed by atoms with Gasteiger partial charge in [-0.3, -0.25) is 9.48 Å². The van der Waals surface area contributed by atoms with Crippen LogP contribution >= 0.6 is 34.5 Å². The molecular weight excluding hydrogens is 355 g/mol. The van der Waals surface area contributed by atoms with Gasteiger partial charge in [0.15, 0.2) is 10.5 Å². The minimum absolute atomic E-state index is 0.339. The van der Waals surface area contributed by atoms with E-state index in [1.807, 2.05) is 27.0 Å². The van der Waals surface area contributed by atoms with Gasteiger partial charge >= 0.3 is 0 Å². The van der Waals surface area contributed by atoms with E-state index >= 15 is 0 Å². The predicted octanol–water partition coefficient (Wildman–Crippen LogP) is 3.81. The lowest BCUT2D eigenvalue weighted by Gasteiger charge is -2.00. The van der Waals surface area contributed by atoms with Crippen molar-refractivity contribution in [3.05, 3.63) is 44.4 Å². The first-order chi connectivity index (χ1) is 10.9. The van der Waals surface area contributed by atoms with Crippen LogP contribution in [0.15, 0.2) is 23.2 Å². The number of carbonyl (C=O) groups excluding carboxylic acids is 1. The molecule has 0 unspecified atom stereocenters. The van der Waals surface area contributed by atoms with Crippen LogP contribution in [0.2, 0.25) is 10.0 Å². The molecule has 2 heterocycles. The smallest absolute Gasteiger partial charge is 0.300 e. The molecule has 3 aromatic rings.